The van der Waals surface area contributed by atoms with Crippen molar-refractivity contribution in [2.75, 3.05) is 13.7 Å². The molecule has 0 aliphatic carbocycles. The van der Waals surface area contributed by atoms with E-state index in [0.717, 1.165) is 0 Å². The molecule has 2 aromatic carbocycles. The van der Waals surface area contributed by atoms with Crippen LogP contribution in [0.1, 0.15) is 30.9 Å². The topological polar surface area (TPSA) is 106 Å². The van der Waals surface area contributed by atoms with Crippen LogP contribution in [0.4, 0.5) is 8.78 Å². The van der Waals surface area contributed by atoms with E-state index in [0.29, 0.717) is 28.1 Å². The number of amidine groups is 1. The molecule has 3 rings (SSSR count). The molecule has 1 aliphatic rings. The molecule has 2 atom stereocenters. The van der Waals surface area contributed by atoms with Crippen LogP contribution in [0.2, 0.25) is 0 Å². The normalized spacial score (nSPS) is 15.2. The summed E-state index contributed by atoms with van der Waals surface area (Å²) in [5.74, 6) is -0.974. The largest absolute Gasteiger partial charge is 0.466 e. The minimum absolute atomic E-state index is 0.0942. The van der Waals surface area contributed by atoms with E-state index in [9.17, 15) is 23.8 Å². The Morgan fingerprint density at radius 1 is 1.09 bits per heavy atom. The summed E-state index contributed by atoms with van der Waals surface area (Å²) in [5, 5.41) is 26.4. The number of hydrazine groups is 2. The van der Waals surface area contributed by atoms with E-state index in [2.05, 4.69) is 16.1 Å². The third kappa shape index (κ3) is 7.44. The number of hydrogen-bond acceptors (Lipinski definition) is 8. The summed E-state index contributed by atoms with van der Waals surface area (Å²) in [6, 6.07) is 11.6. The summed E-state index contributed by atoms with van der Waals surface area (Å²) < 4.78 is 32.1. The quantitative estimate of drug-likeness (QED) is 0.302. The van der Waals surface area contributed by atoms with Crippen molar-refractivity contribution in [3.05, 3.63) is 89.0 Å². The fourth-order valence-electron chi connectivity index (χ4n) is 3.51. The Kier molecular flexibility index (Phi) is 9.07. The molecule has 0 saturated carbocycles. The second-order valence-corrected chi connectivity index (χ2v) is 7.86. The van der Waals surface area contributed by atoms with Crippen LogP contribution < -0.4 is 11.0 Å². The SMILES string of the molecule is CCOC(=O)CC(O)CC(O)C=CC(C1=NNN(C)N1)=C(c1ccc(F)cc1)c1ccc(F)cc1. The first-order valence-electron chi connectivity index (χ1n) is 11.1. The Morgan fingerprint density at radius 3 is 2.14 bits per heavy atom. The van der Waals surface area contributed by atoms with Crippen LogP contribution in [-0.2, 0) is 9.53 Å². The Bertz CT molecular complexity index is 1050. The number of carbonyl (C=O) groups is 1. The summed E-state index contributed by atoms with van der Waals surface area (Å²) >= 11 is 0. The van der Waals surface area contributed by atoms with E-state index >= 15 is 0 Å². The molecular weight excluding hydrogens is 458 g/mol. The van der Waals surface area contributed by atoms with Gasteiger partial charge in [-0.25, -0.2) is 14.3 Å². The number of aliphatic hydroxyl groups is 2. The molecule has 35 heavy (non-hydrogen) atoms. The predicted octanol–water partition coefficient (Wildman–Crippen LogP) is 2.66. The van der Waals surface area contributed by atoms with Gasteiger partial charge in [-0.15, -0.1) is 10.2 Å². The maximum absolute atomic E-state index is 13.7. The second kappa shape index (κ2) is 12.2. The summed E-state index contributed by atoms with van der Waals surface area (Å²) in [5.41, 5.74) is 8.15. The lowest BCUT2D eigenvalue weighted by Crippen LogP contribution is -2.38. The Labute approximate surface area is 202 Å². The van der Waals surface area contributed by atoms with Gasteiger partial charge in [0.1, 0.15) is 11.6 Å². The van der Waals surface area contributed by atoms with E-state index in [1.807, 2.05) is 0 Å². The smallest absolute Gasteiger partial charge is 0.308 e. The molecule has 0 spiro atoms. The summed E-state index contributed by atoms with van der Waals surface area (Å²) in [4.78, 5) is 11.6. The van der Waals surface area contributed by atoms with Gasteiger partial charge in [-0.05, 0) is 47.9 Å². The number of ether oxygens (including phenoxy) is 1. The number of benzene rings is 2. The Hall–Kier alpha value is -3.60. The number of nitrogens with zero attached hydrogens (tertiary/aromatic N) is 2. The van der Waals surface area contributed by atoms with Gasteiger partial charge in [-0.2, -0.15) is 0 Å². The van der Waals surface area contributed by atoms with E-state index in [-0.39, 0.29) is 19.4 Å². The number of hydrazone groups is 1. The highest BCUT2D eigenvalue weighted by molar-refractivity contribution is 6.10. The number of hydrogen-bond donors (Lipinski definition) is 4. The van der Waals surface area contributed by atoms with Crippen molar-refractivity contribution >= 4 is 17.4 Å². The summed E-state index contributed by atoms with van der Waals surface area (Å²) in [6.07, 6.45) is 0.550. The van der Waals surface area contributed by atoms with E-state index in [1.54, 1.807) is 44.3 Å². The summed E-state index contributed by atoms with van der Waals surface area (Å²) in [6.45, 7) is 1.87. The predicted molar refractivity (Wildman–Crippen MR) is 127 cm³/mol. The maximum atomic E-state index is 13.7. The van der Waals surface area contributed by atoms with Gasteiger partial charge in [-0.1, -0.05) is 36.4 Å². The van der Waals surface area contributed by atoms with Gasteiger partial charge in [-0.3, -0.25) is 10.2 Å². The van der Waals surface area contributed by atoms with Crippen molar-refractivity contribution in [1.29, 1.82) is 0 Å². The van der Waals surface area contributed by atoms with Gasteiger partial charge < -0.3 is 14.9 Å². The van der Waals surface area contributed by atoms with Gasteiger partial charge in [0, 0.05) is 19.0 Å². The van der Waals surface area contributed by atoms with Crippen molar-refractivity contribution in [3.63, 3.8) is 0 Å². The highest BCUT2D eigenvalue weighted by Crippen LogP contribution is 2.29. The molecule has 2 unspecified atom stereocenters. The lowest BCUT2D eigenvalue weighted by atomic mass is 9.91. The van der Waals surface area contributed by atoms with Gasteiger partial charge in [0.15, 0.2) is 5.84 Å². The molecule has 186 valence electrons. The fraction of sp³-hybridized carbons (Fsp3) is 0.280. The fourth-order valence-corrected chi connectivity index (χ4v) is 3.51. The first kappa shape index (κ1) is 26.0. The third-order valence-corrected chi connectivity index (χ3v) is 5.08. The molecule has 1 heterocycles. The molecule has 0 radical (unpaired) electrons. The molecular formula is C25H28F2N4O4. The van der Waals surface area contributed by atoms with Crippen LogP contribution in [0.5, 0.6) is 0 Å². The molecule has 0 amide bonds. The molecule has 10 heteroatoms. The van der Waals surface area contributed by atoms with Crippen molar-refractivity contribution in [2.24, 2.45) is 5.10 Å². The molecule has 2 aromatic rings. The lowest BCUT2D eigenvalue weighted by molar-refractivity contribution is -0.145. The van der Waals surface area contributed by atoms with Gasteiger partial charge in [0.05, 0.1) is 25.2 Å². The zero-order chi connectivity index (χ0) is 25.4. The minimum Gasteiger partial charge on any atom is -0.466 e. The molecule has 1 aliphatic heterocycles. The van der Waals surface area contributed by atoms with E-state index in [1.165, 1.54) is 35.5 Å². The van der Waals surface area contributed by atoms with Crippen LogP contribution in [0.15, 0.2) is 71.4 Å². The van der Waals surface area contributed by atoms with Crippen LogP contribution in [0.25, 0.3) is 5.57 Å². The van der Waals surface area contributed by atoms with Crippen LogP contribution in [0.3, 0.4) is 0 Å². The molecule has 0 bridgehead atoms. The number of aliphatic hydroxyl groups excluding tert-OH is 2. The minimum atomic E-state index is -1.09. The molecule has 0 fully saturated rings. The second-order valence-electron chi connectivity index (χ2n) is 7.86. The van der Waals surface area contributed by atoms with Gasteiger partial charge in [0.25, 0.3) is 0 Å². The van der Waals surface area contributed by atoms with Gasteiger partial charge in [0.2, 0.25) is 0 Å². The van der Waals surface area contributed by atoms with Crippen molar-refractivity contribution in [1.82, 2.24) is 16.1 Å². The van der Waals surface area contributed by atoms with Crippen molar-refractivity contribution < 1.29 is 28.5 Å². The average molecular weight is 487 g/mol. The van der Waals surface area contributed by atoms with Gasteiger partial charge >= 0.3 is 5.97 Å². The molecule has 4 N–H and O–H groups in total. The number of halogens is 2. The highest BCUT2D eigenvalue weighted by Gasteiger charge is 2.21. The highest BCUT2D eigenvalue weighted by atomic mass is 19.1. The molecule has 8 nitrogen and oxygen atoms in total. The third-order valence-electron chi connectivity index (χ3n) is 5.08. The molecule has 0 aromatic heterocycles. The first-order chi connectivity index (χ1) is 16.8. The maximum Gasteiger partial charge on any atom is 0.308 e. The number of rotatable bonds is 10. The van der Waals surface area contributed by atoms with Crippen LogP contribution in [0, 0.1) is 11.6 Å². The monoisotopic (exact) mass is 486 g/mol. The number of nitrogens with one attached hydrogen (secondary N) is 2. The standard InChI is InChI=1S/C25H28F2N4O4/c1-3-35-23(34)15-21(33)14-20(32)12-13-22(25-28-30-31(2)29-25)24(16-4-8-18(26)9-5-16)17-6-10-19(27)11-7-17/h4-13,20-21,30,32-33H,3,14-15H2,1-2H3,(H,28,29). The number of carbonyl (C=O) groups excluding carboxylic acids is 1. The van der Waals surface area contributed by atoms with Crippen molar-refractivity contribution in [3.8, 4) is 0 Å². The van der Waals surface area contributed by atoms with Crippen molar-refractivity contribution in [2.45, 2.75) is 32.0 Å². The van der Waals surface area contributed by atoms with Crippen LogP contribution in [-0.4, -0.2) is 53.0 Å². The summed E-state index contributed by atoms with van der Waals surface area (Å²) in [7, 11) is 1.70. The van der Waals surface area contributed by atoms with Crippen LogP contribution >= 0.6 is 0 Å². The van der Waals surface area contributed by atoms with E-state index in [4.69, 9.17) is 4.74 Å². The molecule has 0 saturated heterocycles. The zero-order valence-electron chi connectivity index (χ0n) is 19.4. The van der Waals surface area contributed by atoms with E-state index < -0.39 is 29.8 Å². The Morgan fingerprint density at radius 2 is 1.66 bits per heavy atom. The zero-order valence-corrected chi connectivity index (χ0v) is 19.4. The first-order valence-corrected chi connectivity index (χ1v) is 11.1. The Balaban J connectivity index is 2.00. The number of esters is 1. The lowest BCUT2D eigenvalue weighted by Gasteiger charge is -2.16. The average Bonchev–Trinajstić information content (AvgIpc) is 3.24.